The molecule has 0 aliphatic carbocycles. The van der Waals surface area contributed by atoms with Crippen LogP contribution in [0.5, 0.6) is 0 Å². The molecule has 0 unspecified atom stereocenters. The Bertz CT molecular complexity index is 375. The maximum absolute atomic E-state index is 12.1. The molecule has 0 fully saturated rings. The molecule has 0 bridgehead atoms. The summed E-state index contributed by atoms with van der Waals surface area (Å²) < 4.78 is 0. The summed E-state index contributed by atoms with van der Waals surface area (Å²) in [5, 5.41) is 2.12. The van der Waals surface area contributed by atoms with Crippen LogP contribution in [0.25, 0.3) is 0 Å². The molecule has 0 saturated carbocycles. The average molecular weight is 223 g/mol. The topological polar surface area (TPSA) is 20.3 Å². The van der Waals surface area contributed by atoms with E-state index in [1.54, 1.807) is 0 Å². The Morgan fingerprint density at radius 2 is 2.20 bits per heavy atom. The Hall–Kier alpha value is -0.830. The monoisotopic (exact) mass is 223 g/mol. The lowest BCUT2D eigenvalue weighted by Crippen LogP contribution is -2.41. The number of carbonyl (C=O) groups excluding carboxylic acids is 1. The van der Waals surface area contributed by atoms with Crippen LogP contribution in [0.4, 0.5) is 0 Å². The van der Waals surface area contributed by atoms with Crippen LogP contribution in [0.2, 0.25) is 0 Å². The number of thiophene rings is 1. The second-order valence-electron chi connectivity index (χ2n) is 5.10. The van der Waals surface area contributed by atoms with Crippen molar-refractivity contribution in [2.45, 2.75) is 33.7 Å². The van der Waals surface area contributed by atoms with Crippen molar-refractivity contribution in [3.8, 4) is 0 Å². The van der Waals surface area contributed by atoms with E-state index in [0.717, 1.165) is 19.5 Å². The highest BCUT2D eigenvalue weighted by Gasteiger charge is 2.29. The number of fused-ring (bicyclic) bond motifs is 1. The molecule has 1 aliphatic rings. The molecule has 0 saturated heterocycles. The first-order chi connectivity index (χ1) is 6.98. The summed E-state index contributed by atoms with van der Waals surface area (Å²) in [6, 6.07) is 2.14. The van der Waals surface area contributed by atoms with E-state index < -0.39 is 0 Å². The standard InChI is InChI=1S/C12H17NOS/c1-12(2,3)11(14)13-6-4-10-9(8-13)5-7-15-10/h5,7H,4,6,8H2,1-3H3. The molecule has 0 aromatic carbocycles. The molecule has 1 aromatic rings. The molecule has 15 heavy (non-hydrogen) atoms. The fourth-order valence-electron chi connectivity index (χ4n) is 1.90. The van der Waals surface area contributed by atoms with E-state index in [-0.39, 0.29) is 11.3 Å². The zero-order valence-electron chi connectivity index (χ0n) is 9.54. The Kier molecular flexibility index (Phi) is 2.59. The molecule has 3 heteroatoms. The second-order valence-corrected chi connectivity index (χ2v) is 6.10. The molecule has 2 nitrogen and oxygen atoms in total. The van der Waals surface area contributed by atoms with Crippen LogP contribution < -0.4 is 0 Å². The van der Waals surface area contributed by atoms with Crippen LogP contribution in [0, 0.1) is 5.41 Å². The van der Waals surface area contributed by atoms with E-state index in [0.29, 0.717) is 0 Å². The number of hydrogen-bond donors (Lipinski definition) is 0. The van der Waals surface area contributed by atoms with Crippen molar-refractivity contribution in [3.63, 3.8) is 0 Å². The normalized spacial score (nSPS) is 16.3. The number of rotatable bonds is 0. The summed E-state index contributed by atoms with van der Waals surface area (Å²) in [6.07, 6.45) is 1.02. The summed E-state index contributed by atoms with van der Waals surface area (Å²) in [5.74, 6) is 0.263. The minimum Gasteiger partial charge on any atom is -0.338 e. The van der Waals surface area contributed by atoms with Gasteiger partial charge in [0.15, 0.2) is 0 Å². The van der Waals surface area contributed by atoms with Gasteiger partial charge in [-0.3, -0.25) is 4.79 Å². The van der Waals surface area contributed by atoms with Gasteiger partial charge >= 0.3 is 0 Å². The highest BCUT2D eigenvalue weighted by Crippen LogP contribution is 2.27. The van der Waals surface area contributed by atoms with Gasteiger partial charge in [-0.15, -0.1) is 11.3 Å². The Morgan fingerprint density at radius 1 is 1.47 bits per heavy atom. The van der Waals surface area contributed by atoms with E-state index in [2.05, 4.69) is 11.4 Å². The lowest BCUT2D eigenvalue weighted by atomic mass is 9.93. The first-order valence-corrected chi connectivity index (χ1v) is 6.21. The fraction of sp³-hybridized carbons (Fsp3) is 0.583. The van der Waals surface area contributed by atoms with Gasteiger partial charge in [-0.1, -0.05) is 20.8 Å². The number of amides is 1. The molecule has 0 spiro atoms. The summed E-state index contributed by atoms with van der Waals surface area (Å²) in [5.41, 5.74) is 1.08. The third-order valence-corrected chi connectivity index (χ3v) is 3.76. The van der Waals surface area contributed by atoms with Gasteiger partial charge in [0, 0.05) is 23.4 Å². The molecule has 0 N–H and O–H groups in total. The van der Waals surface area contributed by atoms with Crippen molar-refractivity contribution in [1.82, 2.24) is 4.90 Å². The molecule has 82 valence electrons. The maximum atomic E-state index is 12.1. The highest BCUT2D eigenvalue weighted by molar-refractivity contribution is 7.10. The number of nitrogens with zero attached hydrogens (tertiary/aromatic N) is 1. The van der Waals surface area contributed by atoms with Gasteiger partial charge in [0.2, 0.25) is 5.91 Å². The molecular formula is C12H17NOS. The quantitative estimate of drug-likeness (QED) is 0.662. The first kappa shape index (κ1) is 10.7. The Labute approximate surface area is 94.9 Å². The van der Waals surface area contributed by atoms with E-state index in [1.807, 2.05) is 37.0 Å². The van der Waals surface area contributed by atoms with Crippen molar-refractivity contribution >= 4 is 17.2 Å². The van der Waals surface area contributed by atoms with Crippen molar-refractivity contribution < 1.29 is 4.79 Å². The zero-order chi connectivity index (χ0) is 11.1. The molecule has 1 amide bonds. The molecule has 1 aromatic heterocycles. The molecular weight excluding hydrogens is 206 g/mol. The van der Waals surface area contributed by atoms with Gasteiger partial charge in [0.1, 0.15) is 0 Å². The molecule has 1 aliphatic heterocycles. The van der Waals surface area contributed by atoms with Crippen molar-refractivity contribution in [1.29, 1.82) is 0 Å². The van der Waals surface area contributed by atoms with Crippen LogP contribution in [-0.4, -0.2) is 17.4 Å². The fourth-order valence-corrected chi connectivity index (χ4v) is 2.79. The second kappa shape index (κ2) is 3.63. The van der Waals surface area contributed by atoms with E-state index in [1.165, 1.54) is 10.4 Å². The highest BCUT2D eigenvalue weighted by atomic mass is 32.1. The van der Waals surface area contributed by atoms with Gasteiger partial charge in [0.25, 0.3) is 0 Å². The van der Waals surface area contributed by atoms with Gasteiger partial charge in [0.05, 0.1) is 0 Å². The molecule has 0 atom stereocenters. The van der Waals surface area contributed by atoms with Gasteiger partial charge in [-0.2, -0.15) is 0 Å². The van der Waals surface area contributed by atoms with E-state index in [4.69, 9.17) is 0 Å². The Morgan fingerprint density at radius 3 is 2.87 bits per heavy atom. The summed E-state index contributed by atoms with van der Waals surface area (Å²) >= 11 is 1.81. The minimum atomic E-state index is -0.256. The summed E-state index contributed by atoms with van der Waals surface area (Å²) in [6.45, 7) is 7.63. The van der Waals surface area contributed by atoms with Crippen LogP contribution in [0.1, 0.15) is 31.2 Å². The minimum absolute atomic E-state index is 0.256. The third kappa shape index (κ3) is 2.07. The van der Waals surface area contributed by atoms with Crippen molar-refractivity contribution in [3.05, 3.63) is 21.9 Å². The maximum Gasteiger partial charge on any atom is 0.228 e. The third-order valence-electron chi connectivity index (χ3n) is 2.74. The number of carbonyl (C=O) groups is 1. The lowest BCUT2D eigenvalue weighted by Gasteiger charge is -2.32. The summed E-state index contributed by atoms with van der Waals surface area (Å²) in [4.78, 5) is 15.5. The first-order valence-electron chi connectivity index (χ1n) is 5.33. The lowest BCUT2D eigenvalue weighted by molar-refractivity contribution is -0.140. The largest absolute Gasteiger partial charge is 0.338 e. The van der Waals surface area contributed by atoms with Crippen molar-refractivity contribution in [2.24, 2.45) is 5.41 Å². The predicted molar refractivity (Wildman–Crippen MR) is 62.9 cm³/mol. The SMILES string of the molecule is CC(C)(C)C(=O)N1CCc2sccc2C1. The van der Waals surface area contributed by atoms with E-state index >= 15 is 0 Å². The van der Waals surface area contributed by atoms with Crippen LogP contribution in [0.15, 0.2) is 11.4 Å². The smallest absolute Gasteiger partial charge is 0.228 e. The van der Waals surface area contributed by atoms with Gasteiger partial charge < -0.3 is 4.90 Å². The van der Waals surface area contributed by atoms with Gasteiger partial charge in [-0.25, -0.2) is 0 Å². The van der Waals surface area contributed by atoms with Crippen LogP contribution in [-0.2, 0) is 17.8 Å². The number of hydrogen-bond acceptors (Lipinski definition) is 2. The molecule has 2 heterocycles. The average Bonchev–Trinajstić information content (AvgIpc) is 2.61. The predicted octanol–water partition coefficient (Wildman–Crippen LogP) is 2.68. The van der Waals surface area contributed by atoms with Crippen LogP contribution in [0.3, 0.4) is 0 Å². The summed E-state index contributed by atoms with van der Waals surface area (Å²) in [7, 11) is 0. The van der Waals surface area contributed by atoms with Crippen LogP contribution >= 0.6 is 11.3 Å². The Balaban J connectivity index is 2.14. The molecule has 2 rings (SSSR count). The van der Waals surface area contributed by atoms with E-state index in [9.17, 15) is 4.79 Å². The zero-order valence-corrected chi connectivity index (χ0v) is 10.4. The molecule has 0 radical (unpaired) electrons. The van der Waals surface area contributed by atoms with Crippen molar-refractivity contribution in [2.75, 3.05) is 6.54 Å². The van der Waals surface area contributed by atoms with Gasteiger partial charge in [-0.05, 0) is 23.4 Å².